The lowest BCUT2D eigenvalue weighted by Crippen LogP contribution is -2.53. The van der Waals surface area contributed by atoms with Crippen molar-refractivity contribution in [2.45, 2.75) is 44.2 Å². The van der Waals surface area contributed by atoms with Gasteiger partial charge in [0.25, 0.3) is 11.5 Å². The number of piperidine rings is 2. The topological polar surface area (TPSA) is 136 Å². The lowest BCUT2D eigenvalue weighted by Gasteiger charge is -2.43. The van der Waals surface area contributed by atoms with Gasteiger partial charge in [-0.15, -0.1) is 11.3 Å². The molecule has 2 aliphatic rings. The van der Waals surface area contributed by atoms with E-state index < -0.39 is 5.60 Å². The van der Waals surface area contributed by atoms with Gasteiger partial charge >= 0.3 is 0 Å². The quantitative estimate of drug-likeness (QED) is 0.274. The molecule has 5 aromatic rings. The molecule has 12 nitrogen and oxygen atoms in total. The second-order valence-electron chi connectivity index (χ2n) is 13.1. The van der Waals surface area contributed by atoms with Crippen LogP contribution in [-0.2, 0) is 18.4 Å². The average molecular weight is 682 g/mol. The minimum Gasteiger partial charge on any atom is -0.481 e. The van der Waals surface area contributed by atoms with Crippen molar-refractivity contribution in [2.75, 3.05) is 33.3 Å². The van der Waals surface area contributed by atoms with Gasteiger partial charge in [-0.25, -0.2) is 15.0 Å². The molecule has 2 amide bonds. The van der Waals surface area contributed by atoms with Crippen molar-refractivity contribution in [3.63, 3.8) is 0 Å². The first-order valence-electron chi connectivity index (χ1n) is 16.5. The molecule has 2 fully saturated rings. The number of benzene rings is 1. The van der Waals surface area contributed by atoms with Gasteiger partial charge in [0.2, 0.25) is 11.8 Å². The van der Waals surface area contributed by atoms with Crippen molar-refractivity contribution in [1.82, 2.24) is 33.9 Å². The number of likely N-dealkylation sites (tertiary alicyclic amines) is 2. The lowest BCUT2D eigenvalue weighted by molar-refractivity contribution is -0.142. The summed E-state index contributed by atoms with van der Waals surface area (Å²) in [5.41, 5.74) is 1.78. The van der Waals surface area contributed by atoms with Gasteiger partial charge in [-0.05, 0) is 43.9 Å². The van der Waals surface area contributed by atoms with Gasteiger partial charge in [0, 0.05) is 69.1 Å². The summed E-state index contributed by atoms with van der Waals surface area (Å²) in [5, 5.41) is 12.7. The summed E-state index contributed by atoms with van der Waals surface area (Å²) in [5.74, 6) is -0.0402. The fraction of sp³-hybridized carbons (Fsp3) is 0.389. The Bertz CT molecular complexity index is 2050. The number of fused-ring (bicyclic) bond motifs is 1. The Balaban J connectivity index is 1.05. The molecule has 2 atom stereocenters. The molecule has 1 aromatic carbocycles. The summed E-state index contributed by atoms with van der Waals surface area (Å²) in [7, 11) is 3.40. The number of hydrogen-bond acceptors (Lipinski definition) is 9. The van der Waals surface area contributed by atoms with Crippen LogP contribution in [0.5, 0.6) is 5.88 Å². The molecule has 4 aromatic heterocycles. The van der Waals surface area contributed by atoms with E-state index in [4.69, 9.17) is 4.74 Å². The fourth-order valence-electron chi connectivity index (χ4n) is 7.11. The second-order valence-corrected chi connectivity index (χ2v) is 14.1. The molecule has 2 saturated heterocycles. The standard InChI is InChI=1S/C36H39N7O5S/c1-23-30(49-32(39-23)25-9-10-29(48-3)37-19-25)35(46)42-16-12-26(28(20-42)24-7-5-4-6-8-24)33(44)41-17-13-36(47,14-18-41)21-43-22-38-31-27(34(43)45)11-15-40(31)2/h4-11,15,19,22,26,28,47H,12-14,16-18,20-21H2,1-3H3/t26-,28+/m1/s1. The zero-order valence-electron chi connectivity index (χ0n) is 27.8. The number of amides is 2. The first-order chi connectivity index (χ1) is 23.6. The number of pyridine rings is 1. The predicted molar refractivity (Wildman–Crippen MR) is 186 cm³/mol. The molecule has 0 bridgehead atoms. The number of carbonyl (C=O) groups excluding carboxylic acids is 2. The molecule has 0 radical (unpaired) electrons. The number of hydrogen-bond donors (Lipinski definition) is 1. The van der Waals surface area contributed by atoms with Crippen LogP contribution in [0.15, 0.2) is 72.0 Å². The number of ether oxygens (including phenoxy) is 1. The Morgan fingerprint density at radius 2 is 1.82 bits per heavy atom. The Morgan fingerprint density at radius 1 is 1.04 bits per heavy atom. The molecule has 0 aliphatic carbocycles. The normalized spacial score (nSPS) is 19.3. The highest BCUT2D eigenvalue weighted by molar-refractivity contribution is 7.17. The molecule has 7 rings (SSSR count). The summed E-state index contributed by atoms with van der Waals surface area (Å²) in [6.07, 6.45) is 6.20. The van der Waals surface area contributed by atoms with Crippen molar-refractivity contribution in [3.05, 3.63) is 93.7 Å². The number of aliphatic hydroxyl groups is 1. The van der Waals surface area contributed by atoms with Crippen LogP contribution < -0.4 is 10.3 Å². The zero-order valence-corrected chi connectivity index (χ0v) is 28.6. The largest absolute Gasteiger partial charge is 0.481 e. The third-order valence-electron chi connectivity index (χ3n) is 9.95. The number of aryl methyl sites for hydroxylation is 2. The van der Waals surface area contributed by atoms with E-state index in [1.54, 1.807) is 36.2 Å². The van der Waals surface area contributed by atoms with E-state index in [0.717, 1.165) is 11.1 Å². The molecule has 2 aliphatic heterocycles. The van der Waals surface area contributed by atoms with Crippen LogP contribution in [0.2, 0.25) is 0 Å². The maximum absolute atomic E-state index is 14.2. The first-order valence-corrected chi connectivity index (χ1v) is 17.3. The first kappa shape index (κ1) is 32.7. The molecule has 0 saturated carbocycles. The number of thiazole rings is 1. The van der Waals surface area contributed by atoms with E-state index in [0.29, 0.717) is 77.9 Å². The smallest absolute Gasteiger partial charge is 0.265 e. The summed E-state index contributed by atoms with van der Waals surface area (Å²) in [6, 6.07) is 15.3. The van der Waals surface area contributed by atoms with E-state index in [9.17, 15) is 19.5 Å². The van der Waals surface area contributed by atoms with Gasteiger partial charge < -0.3 is 24.2 Å². The molecule has 13 heteroatoms. The van der Waals surface area contributed by atoms with Gasteiger partial charge in [0.05, 0.1) is 30.3 Å². The maximum Gasteiger partial charge on any atom is 0.265 e. The third kappa shape index (κ3) is 6.35. The van der Waals surface area contributed by atoms with Crippen molar-refractivity contribution in [3.8, 4) is 16.5 Å². The van der Waals surface area contributed by atoms with Gasteiger partial charge in [-0.1, -0.05) is 30.3 Å². The van der Waals surface area contributed by atoms with Gasteiger partial charge in [0.15, 0.2) is 0 Å². The van der Waals surface area contributed by atoms with E-state index in [1.165, 1.54) is 22.2 Å². The highest BCUT2D eigenvalue weighted by Gasteiger charge is 2.42. The fourth-order valence-corrected chi connectivity index (χ4v) is 8.13. The molecule has 6 heterocycles. The number of rotatable bonds is 7. The van der Waals surface area contributed by atoms with Crippen molar-refractivity contribution >= 4 is 34.2 Å². The van der Waals surface area contributed by atoms with Gasteiger partial charge in [-0.3, -0.25) is 19.0 Å². The lowest BCUT2D eigenvalue weighted by atomic mass is 9.79. The average Bonchev–Trinajstić information content (AvgIpc) is 3.71. The Morgan fingerprint density at radius 3 is 2.53 bits per heavy atom. The Kier molecular flexibility index (Phi) is 8.80. The molecule has 0 spiro atoms. The van der Waals surface area contributed by atoms with Gasteiger partial charge in [0.1, 0.15) is 21.9 Å². The molecule has 1 N–H and O–H groups in total. The van der Waals surface area contributed by atoms with Crippen molar-refractivity contribution < 1.29 is 19.4 Å². The third-order valence-corrected chi connectivity index (χ3v) is 11.1. The highest BCUT2D eigenvalue weighted by atomic mass is 32.1. The van der Waals surface area contributed by atoms with Crippen molar-refractivity contribution in [1.29, 1.82) is 0 Å². The molecular formula is C36H39N7O5S. The number of methoxy groups -OCH3 is 1. The Hall–Kier alpha value is -4.88. The summed E-state index contributed by atoms with van der Waals surface area (Å²) < 4.78 is 8.43. The van der Waals surface area contributed by atoms with Crippen LogP contribution in [0.3, 0.4) is 0 Å². The molecule has 254 valence electrons. The maximum atomic E-state index is 14.2. The number of nitrogens with zero attached hydrogens (tertiary/aromatic N) is 7. The van der Waals surface area contributed by atoms with Crippen molar-refractivity contribution in [2.24, 2.45) is 13.0 Å². The molecule has 0 unspecified atom stereocenters. The van der Waals surface area contributed by atoms with Crippen LogP contribution >= 0.6 is 11.3 Å². The predicted octanol–water partition coefficient (Wildman–Crippen LogP) is 3.87. The SMILES string of the molecule is COc1ccc(-c2nc(C)c(C(=O)N3CC[C@@H](C(=O)N4CCC(O)(Cn5cnc6c(ccn6C)c5=O)CC4)[C@H](c4ccccc4)C3)s2)cn1. The van der Waals surface area contributed by atoms with E-state index >= 15 is 0 Å². The summed E-state index contributed by atoms with van der Waals surface area (Å²) >= 11 is 1.35. The van der Waals surface area contributed by atoms with Gasteiger partial charge in [-0.2, -0.15) is 0 Å². The number of carbonyl (C=O) groups is 2. The Labute approximate surface area is 287 Å². The van der Waals surface area contributed by atoms with Crippen LogP contribution in [0.4, 0.5) is 0 Å². The minimum atomic E-state index is -1.13. The van der Waals surface area contributed by atoms with E-state index in [2.05, 4.69) is 15.0 Å². The minimum absolute atomic E-state index is 0.0378. The van der Waals surface area contributed by atoms with E-state index in [-0.39, 0.29) is 35.8 Å². The van der Waals surface area contributed by atoms with Crippen LogP contribution in [0.25, 0.3) is 21.6 Å². The highest BCUT2D eigenvalue weighted by Crippen LogP contribution is 2.37. The monoisotopic (exact) mass is 681 g/mol. The van der Waals surface area contributed by atoms with Crippen LogP contribution in [0, 0.1) is 12.8 Å². The number of aromatic nitrogens is 5. The molecular weight excluding hydrogens is 643 g/mol. The second kappa shape index (κ2) is 13.2. The van der Waals surface area contributed by atoms with Crippen LogP contribution in [0.1, 0.15) is 46.1 Å². The van der Waals surface area contributed by atoms with Crippen LogP contribution in [-0.4, -0.2) is 89.7 Å². The summed E-state index contributed by atoms with van der Waals surface area (Å²) in [4.78, 5) is 58.8. The zero-order chi connectivity index (χ0) is 34.3. The van der Waals surface area contributed by atoms with E-state index in [1.807, 2.05) is 60.2 Å². The molecule has 49 heavy (non-hydrogen) atoms. The summed E-state index contributed by atoms with van der Waals surface area (Å²) in [6.45, 7) is 3.59.